The zero-order chi connectivity index (χ0) is 12.7. The Labute approximate surface area is 97.4 Å². The molecule has 0 bridgehead atoms. The van der Waals surface area contributed by atoms with Crippen LogP contribution in [-0.2, 0) is 0 Å². The average Bonchev–Trinajstić information content (AvgIpc) is 2.28. The number of hydrogen-bond donors (Lipinski definition) is 0. The van der Waals surface area contributed by atoms with Gasteiger partial charge < -0.3 is 0 Å². The third kappa shape index (κ3) is 3.86. The standard InChI is InChI=1S/C11H11N3O3/c1-2-4-10(5-3-7-14(16)17)13-8-6-12-9-11(13)15/h2-9H,1H3/b4-2-,7-3+,10-5+. The van der Waals surface area contributed by atoms with Crippen LogP contribution in [0.15, 0.2) is 53.9 Å². The minimum Gasteiger partial charge on any atom is -0.281 e. The number of nitrogens with zero attached hydrogens (tertiary/aromatic N) is 3. The Bertz CT molecular complexity index is 541. The molecule has 0 radical (unpaired) electrons. The Balaban J connectivity index is 3.15. The Hall–Kier alpha value is -2.50. The fourth-order valence-corrected chi connectivity index (χ4v) is 1.16. The summed E-state index contributed by atoms with van der Waals surface area (Å²) in [7, 11) is 0. The molecule has 6 heteroatoms. The van der Waals surface area contributed by atoms with Crippen molar-refractivity contribution in [3.63, 3.8) is 0 Å². The molecule has 0 aliphatic rings. The second-order valence-corrected chi connectivity index (χ2v) is 3.00. The minimum absolute atomic E-state index is 0.300. The third-order valence-electron chi connectivity index (χ3n) is 1.81. The maximum absolute atomic E-state index is 11.5. The van der Waals surface area contributed by atoms with Gasteiger partial charge in [-0.25, -0.2) is 0 Å². The van der Waals surface area contributed by atoms with Crippen molar-refractivity contribution in [2.45, 2.75) is 6.92 Å². The van der Waals surface area contributed by atoms with Crippen LogP contribution >= 0.6 is 0 Å². The fraction of sp³-hybridized carbons (Fsp3) is 0.0909. The summed E-state index contributed by atoms with van der Waals surface area (Å²) in [6.45, 7) is 1.79. The summed E-state index contributed by atoms with van der Waals surface area (Å²) in [6, 6.07) is 0. The van der Waals surface area contributed by atoms with Gasteiger partial charge in [0.2, 0.25) is 6.20 Å². The predicted octanol–water partition coefficient (Wildman–Crippen LogP) is 1.45. The Kier molecular flexibility index (Phi) is 4.56. The van der Waals surface area contributed by atoms with Gasteiger partial charge in [-0.3, -0.25) is 24.5 Å². The summed E-state index contributed by atoms with van der Waals surface area (Å²) in [4.78, 5) is 24.8. The minimum atomic E-state index is -0.570. The first-order valence-electron chi connectivity index (χ1n) is 4.83. The molecule has 6 nitrogen and oxygen atoms in total. The average molecular weight is 233 g/mol. The van der Waals surface area contributed by atoms with Crippen molar-refractivity contribution in [2.75, 3.05) is 0 Å². The van der Waals surface area contributed by atoms with Gasteiger partial charge in [-0.2, -0.15) is 0 Å². The number of nitro groups is 1. The zero-order valence-electron chi connectivity index (χ0n) is 9.19. The molecule has 0 aliphatic carbocycles. The summed E-state index contributed by atoms with van der Waals surface area (Å²) >= 11 is 0. The molecule has 0 aromatic carbocycles. The van der Waals surface area contributed by atoms with Crippen LogP contribution in [0.3, 0.4) is 0 Å². The van der Waals surface area contributed by atoms with E-state index in [-0.39, 0.29) is 5.56 Å². The van der Waals surface area contributed by atoms with E-state index in [2.05, 4.69) is 4.98 Å². The van der Waals surface area contributed by atoms with Gasteiger partial charge in [0.05, 0.1) is 11.1 Å². The maximum Gasteiger partial charge on any atom is 0.273 e. The van der Waals surface area contributed by atoms with E-state index < -0.39 is 4.92 Å². The number of aromatic nitrogens is 2. The molecule has 88 valence electrons. The number of hydrogen-bond acceptors (Lipinski definition) is 4. The zero-order valence-corrected chi connectivity index (χ0v) is 9.19. The van der Waals surface area contributed by atoms with E-state index in [0.29, 0.717) is 5.70 Å². The molecule has 0 unspecified atom stereocenters. The van der Waals surface area contributed by atoms with Crippen molar-refractivity contribution in [3.8, 4) is 0 Å². The van der Waals surface area contributed by atoms with Gasteiger partial charge in [-0.15, -0.1) is 0 Å². The summed E-state index contributed by atoms with van der Waals surface area (Å²) in [6.07, 6.45) is 11.1. The van der Waals surface area contributed by atoms with E-state index >= 15 is 0 Å². The van der Waals surface area contributed by atoms with Crippen molar-refractivity contribution >= 4 is 5.70 Å². The van der Waals surface area contributed by atoms with Crippen LogP contribution in [0.25, 0.3) is 5.70 Å². The molecular formula is C11H11N3O3. The highest BCUT2D eigenvalue weighted by molar-refractivity contribution is 5.58. The Morgan fingerprint density at radius 3 is 2.94 bits per heavy atom. The lowest BCUT2D eigenvalue weighted by molar-refractivity contribution is -0.402. The van der Waals surface area contributed by atoms with E-state index in [1.807, 2.05) is 0 Å². The predicted molar refractivity (Wildman–Crippen MR) is 63.7 cm³/mol. The van der Waals surface area contributed by atoms with E-state index in [1.165, 1.54) is 35.3 Å². The summed E-state index contributed by atoms with van der Waals surface area (Å²) < 4.78 is 1.34. The Morgan fingerprint density at radius 1 is 1.59 bits per heavy atom. The van der Waals surface area contributed by atoms with Crippen molar-refractivity contribution in [2.24, 2.45) is 0 Å². The topological polar surface area (TPSA) is 78.0 Å². The SMILES string of the molecule is C\C=C/C(=C\C=C\[N+](=O)[O-])n1ccncc1=O. The quantitative estimate of drug-likeness (QED) is 0.448. The van der Waals surface area contributed by atoms with Gasteiger partial charge in [0.1, 0.15) is 0 Å². The molecule has 0 saturated heterocycles. The molecule has 0 amide bonds. The third-order valence-corrected chi connectivity index (χ3v) is 1.81. The first kappa shape index (κ1) is 12.6. The van der Waals surface area contributed by atoms with Crippen molar-refractivity contribution in [3.05, 3.63) is 69.6 Å². The first-order valence-corrected chi connectivity index (χ1v) is 4.83. The molecule has 1 aromatic heterocycles. The second-order valence-electron chi connectivity index (χ2n) is 3.00. The van der Waals surface area contributed by atoms with Gasteiger partial charge in [-0.05, 0) is 19.1 Å². The van der Waals surface area contributed by atoms with Gasteiger partial charge in [-0.1, -0.05) is 6.08 Å². The van der Waals surface area contributed by atoms with E-state index in [4.69, 9.17) is 0 Å². The molecule has 0 N–H and O–H groups in total. The summed E-state index contributed by atoms with van der Waals surface area (Å²) in [5, 5.41) is 10.1. The lowest BCUT2D eigenvalue weighted by Crippen LogP contribution is -2.17. The van der Waals surface area contributed by atoms with Gasteiger partial charge in [0.15, 0.2) is 0 Å². The van der Waals surface area contributed by atoms with Gasteiger partial charge in [0.25, 0.3) is 5.56 Å². The molecule has 0 aliphatic heterocycles. The van der Waals surface area contributed by atoms with E-state index in [0.717, 1.165) is 6.20 Å². The number of rotatable bonds is 4. The normalized spacial score (nSPS) is 12.4. The van der Waals surface area contributed by atoms with E-state index in [9.17, 15) is 14.9 Å². The molecule has 0 fully saturated rings. The molecule has 0 atom stereocenters. The largest absolute Gasteiger partial charge is 0.281 e. The molecule has 1 rings (SSSR count). The Morgan fingerprint density at radius 2 is 2.35 bits per heavy atom. The lowest BCUT2D eigenvalue weighted by atomic mass is 10.3. The monoisotopic (exact) mass is 233 g/mol. The van der Waals surface area contributed by atoms with Crippen LogP contribution in [0.5, 0.6) is 0 Å². The molecule has 0 spiro atoms. The summed E-state index contributed by atoms with van der Waals surface area (Å²) in [5.74, 6) is 0. The van der Waals surface area contributed by atoms with Crippen LogP contribution in [0.1, 0.15) is 6.92 Å². The molecule has 17 heavy (non-hydrogen) atoms. The lowest BCUT2D eigenvalue weighted by Gasteiger charge is -2.03. The fourth-order valence-electron chi connectivity index (χ4n) is 1.16. The molecule has 0 saturated carbocycles. The van der Waals surface area contributed by atoms with Gasteiger partial charge >= 0.3 is 0 Å². The van der Waals surface area contributed by atoms with Crippen LogP contribution in [0.4, 0.5) is 0 Å². The highest BCUT2D eigenvalue weighted by Gasteiger charge is 1.97. The maximum atomic E-state index is 11.5. The second kappa shape index (κ2) is 6.16. The van der Waals surface area contributed by atoms with Crippen molar-refractivity contribution < 1.29 is 4.92 Å². The van der Waals surface area contributed by atoms with Crippen molar-refractivity contribution in [1.29, 1.82) is 0 Å². The highest BCUT2D eigenvalue weighted by atomic mass is 16.6. The van der Waals surface area contributed by atoms with Crippen molar-refractivity contribution in [1.82, 2.24) is 9.55 Å². The van der Waals surface area contributed by atoms with Crippen LogP contribution < -0.4 is 5.56 Å². The number of allylic oxidation sites excluding steroid dienone is 5. The van der Waals surface area contributed by atoms with Gasteiger partial charge in [0, 0.05) is 24.2 Å². The van der Waals surface area contributed by atoms with Crippen LogP contribution in [0.2, 0.25) is 0 Å². The molecule has 1 aromatic rings. The van der Waals surface area contributed by atoms with E-state index in [1.54, 1.807) is 19.1 Å². The summed E-state index contributed by atoms with van der Waals surface area (Å²) in [5.41, 5.74) is 0.226. The molecular weight excluding hydrogens is 222 g/mol. The first-order chi connectivity index (χ1) is 8.15. The smallest absolute Gasteiger partial charge is 0.273 e. The highest BCUT2D eigenvalue weighted by Crippen LogP contribution is 2.03. The van der Waals surface area contributed by atoms with Crippen LogP contribution in [-0.4, -0.2) is 14.5 Å². The molecule has 1 heterocycles. The van der Waals surface area contributed by atoms with Crippen LogP contribution in [0, 0.1) is 10.1 Å².